The maximum Gasteiger partial charge on any atom is 0.224 e. The minimum absolute atomic E-state index is 0.0710. The smallest absolute Gasteiger partial charge is 0.224 e. The molecule has 0 saturated carbocycles. The highest BCUT2D eigenvalue weighted by molar-refractivity contribution is 5.97. The van der Waals surface area contributed by atoms with Crippen molar-refractivity contribution in [3.63, 3.8) is 0 Å². The van der Waals surface area contributed by atoms with Gasteiger partial charge in [0.15, 0.2) is 0 Å². The molecule has 0 saturated heterocycles. The van der Waals surface area contributed by atoms with Gasteiger partial charge >= 0.3 is 0 Å². The van der Waals surface area contributed by atoms with Crippen LogP contribution in [-0.2, 0) is 4.79 Å². The van der Waals surface area contributed by atoms with Gasteiger partial charge in [-0.2, -0.15) is 0 Å². The van der Waals surface area contributed by atoms with Crippen LogP contribution < -0.4 is 10.2 Å². The summed E-state index contributed by atoms with van der Waals surface area (Å²) in [5.41, 5.74) is 0.688. The van der Waals surface area contributed by atoms with Gasteiger partial charge in [-0.3, -0.25) is 4.79 Å². The Morgan fingerprint density at radius 3 is 2.81 bits per heavy atom. The van der Waals surface area contributed by atoms with Crippen molar-refractivity contribution in [3.8, 4) is 0 Å². The molecule has 3 nitrogen and oxygen atoms in total. The number of anilines is 2. The Bertz CT molecular complexity index is 443. The van der Waals surface area contributed by atoms with Crippen molar-refractivity contribution in [1.82, 2.24) is 0 Å². The molecule has 0 atom stereocenters. The number of amides is 1. The van der Waals surface area contributed by atoms with Gasteiger partial charge in [0.05, 0.1) is 16.9 Å². The minimum atomic E-state index is -0.341. The Hall–Kier alpha value is -1.58. The second-order valence-electron chi connectivity index (χ2n) is 4.65. The van der Waals surface area contributed by atoms with E-state index < -0.39 is 0 Å². The maximum atomic E-state index is 13.6. The zero-order valence-corrected chi connectivity index (χ0v) is 9.67. The molecular weight excluding hydrogens is 207 g/mol. The number of nitrogens with one attached hydrogen (secondary N) is 1. The summed E-state index contributed by atoms with van der Waals surface area (Å²) in [6.07, 6.45) is 0. The van der Waals surface area contributed by atoms with Gasteiger partial charge in [0.1, 0.15) is 5.82 Å². The lowest BCUT2D eigenvalue weighted by molar-refractivity contribution is -0.117. The Morgan fingerprint density at radius 1 is 1.50 bits per heavy atom. The van der Waals surface area contributed by atoms with Crippen molar-refractivity contribution < 1.29 is 9.18 Å². The molecule has 1 aliphatic heterocycles. The Morgan fingerprint density at radius 2 is 2.19 bits per heavy atom. The van der Waals surface area contributed by atoms with Crippen LogP contribution in [0.5, 0.6) is 0 Å². The summed E-state index contributed by atoms with van der Waals surface area (Å²) < 4.78 is 13.6. The predicted molar refractivity (Wildman–Crippen MR) is 62.1 cm³/mol. The van der Waals surface area contributed by atoms with Gasteiger partial charge in [-0.25, -0.2) is 4.39 Å². The molecule has 86 valence electrons. The van der Waals surface area contributed by atoms with E-state index in [9.17, 15) is 9.18 Å². The van der Waals surface area contributed by atoms with Crippen LogP contribution in [0.2, 0.25) is 0 Å². The molecule has 1 heterocycles. The number of carbonyl (C=O) groups is 1. The van der Waals surface area contributed by atoms with Crippen LogP contribution in [-0.4, -0.2) is 18.0 Å². The molecule has 0 spiro atoms. The number of nitrogens with zero attached hydrogens (tertiary/aromatic N) is 1. The fourth-order valence-corrected chi connectivity index (χ4v) is 2.18. The standard InChI is InChI=1S/C12H15FN2O/c1-8(16)15-10-6-4-5-9(13)11(10)14-7-12(15,2)3/h4-6,14H,7H2,1-3H3. The lowest BCUT2D eigenvalue weighted by Gasteiger charge is -2.43. The number of carbonyl (C=O) groups excluding carboxylic acids is 1. The molecule has 1 aliphatic rings. The van der Waals surface area contributed by atoms with E-state index in [1.54, 1.807) is 17.0 Å². The summed E-state index contributed by atoms with van der Waals surface area (Å²) in [6, 6.07) is 4.77. The number of para-hydroxylation sites is 1. The third-order valence-corrected chi connectivity index (χ3v) is 2.85. The third-order valence-electron chi connectivity index (χ3n) is 2.85. The number of rotatable bonds is 0. The average Bonchev–Trinajstić information content (AvgIpc) is 2.15. The predicted octanol–water partition coefficient (Wildman–Crippen LogP) is 2.38. The van der Waals surface area contributed by atoms with Gasteiger partial charge < -0.3 is 10.2 Å². The SMILES string of the molecule is CC(=O)N1c2cccc(F)c2NCC1(C)C. The highest BCUT2D eigenvalue weighted by Gasteiger charge is 2.36. The van der Waals surface area contributed by atoms with Crippen LogP contribution in [0.15, 0.2) is 18.2 Å². The van der Waals surface area contributed by atoms with Gasteiger partial charge in [0.2, 0.25) is 5.91 Å². The van der Waals surface area contributed by atoms with Crippen LogP contribution in [0.25, 0.3) is 0 Å². The van der Waals surface area contributed by atoms with Gasteiger partial charge in [0.25, 0.3) is 0 Å². The molecule has 4 heteroatoms. The van der Waals surface area contributed by atoms with Gasteiger partial charge in [0, 0.05) is 13.5 Å². The zero-order valence-electron chi connectivity index (χ0n) is 9.67. The van der Waals surface area contributed by atoms with Crippen molar-refractivity contribution >= 4 is 17.3 Å². The average molecular weight is 222 g/mol. The van der Waals surface area contributed by atoms with E-state index in [2.05, 4.69) is 5.32 Å². The minimum Gasteiger partial charge on any atom is -0.379 e. The summed E-state index contributed by atoms with van der Waals surface area (Å²) in [4.78, 5) is 13.3. The molecule has 1 amide bonds. The number of halogens is 1. The first-order valence-electron chi connectivity index (χ1n) is 5.27. The fourth-order valence-electron chi connectivity index (χ4n) is 2.18. The maximum absolute atomic E-state index is 13.6. The molecule has 0 aliphatic carbocycles. The van der Waals surface area contributed by atoms with Crippen LogP contribution in [0.1, 0.15) is 20.8 Å². The Labute approximate surface area is 94.3 Å². The van der Waals surface area contributed by atoms with E-state index in [1.165, 1.54) is 13.0 Å². The molecule has 1 aromatic rings. The van der Waals surface area contributed by atoms with E-state index in [4.69, 9.17) is 0 Å². The second kappa shape index (κ2) is 3.47. The molecule has 0 aromatic heterocycles. The topological polar surface area (TPSA) is 32.3 Å². The Kier molecular flexibility index (Phi) is 2.37. The van der Waals surface area contributed by atoms with Crippen LogP contribution in [0, 0.1) is 5.82 Å². The third kappa shape index (κ3) is 1.54. The quantitative estimate of drug-likeness (QED) is 0.731. The highest BCUT2D eigenvalue weighted by atomic mass is 19.1. The zero-order chi connectivity index (χ0) is 11.9. The Balaban J connectivity index is 2.59. The summed E-state index contributed by atoms with van der Waals surface area (Å²) in [7, 11) is 0. The van der Waals surface area contributed by atoms with Crippen LogP contribution in [0.4, 0.5) is 15.8 Å². The largest absolute Gasteiger partial charge is 0.379 e. The number of fused-ring (bicyclic) bond motifs is 1. The summed E-state index contributed by atoms with van der Waals surface area (Å²) >= 11 is 0. The van der Waals surface area contributed by atoms with Gasteiger partial charge in [-0.15, -0.1) is 0 Å². The molecule has 16 heavy (non-hydrogen) atoms. The molecule has 0 unspecified atom stereocenters. The van der Waals surface area contributed by atoms with E-state index in [0.29, 0.717) is 17.9 Å². The first-order chi connectivity index (χ1) is 7.43. The monoisotopic (exact) mass is 222 g/mol. The molecule has 0 fully saturated rings. The second-order valence-corrected chi connectivity index (χ2v) is 4.65. The molecule has 0 radical (unpaired) electrons. The van der Waals surface area contributed by atoms with Crippen LogP contribution in [0.3, 0.4) is 0 Å². The van der Waals surface area contributed by atoms with Crippen molar-refractivity contribution in [2.75, 3.05) is 16.8 Å². The number of hydrogen-bond donors (Lipinski definition) is 1. The van der Waals surface area contributed by atoms with E-state index in [-0.39, 0.29) is 17.3 Å². The normalized spacial score (nSPS) is 17.6. The first-order valence-corrected chi connectivity index (χ1v) is 5.27. The van der Waals surface area contributed by atoms with Gasteiger partial charge in [-0.05, 0) is 26.0 Å². The number of benzene rings is 1. The molecule has 0 bridgehead atoms. The summed E-state index contributed by atoms with van der Waals surface area (Å²) in [5.74, 6) is -0.391. The van der Waals surface area contributed by atoms with E-state index in [1.807, 2.05) is 13.8 Å². The van der Waals surface area contributed by atoms with Crippen LogP contribution >= 0.6 is 0 Å². The van der Waals surface area contributed by atoms with Crippen molar-refractivity contribution in [3.05, 3.63) is 24.0 Å². The lowest BCUT2D eigenvalue weighted by atomic mass is 9.97. The highest BCUT2D eigenvalue weighted by Crippen LogP contribution is 2.37. The molecule has 1 aromatic carbocycles. The van der Waals surface area contributed by atoms with Gasteiger partial charge in [-0.1, -0.05) is 6.07 Å². The lowest BCUT2D eigenvalue weighted by Crippen LogP contribution is -2.54. The van der Waals surface area contributed by atoms with Crippen molar-refractivity contribution in [2.24, 2.45) is 0 Å². The number of hydrogen-bond acceptors (Lipinski definition) is 2. The fraction of sp³-hybridized carbons (Fsp3) is 0.417. The first kappa shape index (κ1) is 10.9. The van der Waals surface area contributed by atoms with E-state index >= 15 is 0 Å². The summed E-state index contributed by atoms with van der Waals surface area (Å²) in [5, 5.41) is 3.04. The summed E-state index contributed by atoms with van der Waals surface area (Å²) in [6.45, 7) is 5.95. The van der Waals surface area contributed by atoms with Crippen molar-refractivity contribution in [1.29, 1.82) is 0 Å². The van der Waals surface area contributed by atoms with E-state index in [0.717, 1.165) is 0 Å². The van der Waals surface area contributed by atoms with Crippen molar-refractivity contribution in [2.45, 2.75) is 26.3 Å². The molecular formula is C12H15FN2O. The molecule has 2 rings (SSSR count). The molecule has 1 N–H and O–H groups in total.